The molecular weight excluding hydrogens is 228 g/mol. The first-order valence-corrected chi connectivity index (χ1v) is 5.46. The van der Waals surface area contributed by atoms with Gasteiger partial charge >= 0.3 is 0 Å². The third-order valence-electron chi connectivity index (χ3n) is 3.00. The van der Waals surface area contributed by atoms with Crippen LogP contribution in [0.5, 0.6) is 0 Å². The molecule has 2 rings (SSSR count). The summed E-state index contributed by atoms with van der Waals surface area (Å²) in [5.41, 5.74) is 1.16. The van der Waals surface area contributed by atoms with Gasteiger partial charge < -0.3 is 15.2 Å². The molecule has 1 atom stereocenters. The monoisotopic (exact) mass is 240 g/mol. The van der Waals surface area contributed by atoms with E-state index in [0.29, 0.717) is 30.4 Å². The molecule has 0 radical (unpaired) electrons. The molecule has 1 aromatic rings. The first-order chi connectivity index (χ1) is 8.06. The summed E-state index contributed by atoms with van der Waals surface area (Å²) in [6.07, 6.45) is 1.58. The molecule has 17 heavy (non-hydrogen) atoms. The maximum absolute atomic E-state index is 13.4. The predicted octanol–water partition coefficient (Wildman–Crippen LogP) is 0.162. The molecule has 0 amide bonds. The van der Waals surface area contributed by atoms with Crippen LogP contribution in [-0.2, 0) is 17.6 Å². The van der Waals surface area contributed by atoms with E-state index in [9.17, 15) is 18.7 Å². The fourth-order valence-electron chi connectivity index (χ4n) is 2.21. The van der Waals surface area contributed by atoms with Crippen molar-refractivity contribution in [3.8, 4) is 0 Å². The van der Waals surface area contributed by atoms with Crippen LogP contribution >= 0.6 is 0 Å². The van der Waals surface area contributed by atoms with Crippen LogP contribution in [0.2, 0.25) is 0 Å². The molecule has 0 saturated carbocycles. The number of nitrogens with one attached hydrogen (secondary N) is 1. The lowest BCUT2D eigenvalue weighted by Crippen LogP contribution is -2.42. The molecule has 1 aromatic carbocycles. The highest BCUT2D eigenvalue weighted by atomic mass is 19.1. The van der Waals surface area contributed by atoms with E-state index in [-0.39, 0.29) is 12.6 Å². The van der Waals surface area contributed by atoms with E-state index in [1.165, 1.54) is 6.07 Å². The molecule has 0 aromatic heterocycles. The number of hydrogen-bond donors (Lipinski definition) is 1. The minimum absolute atomic E-state index is 0.0680. The first kappa shape index (κ1) is 12.0. The van der Waals surface area contributed by atoms with Crippen LogP contribution in [-0.4, -0.2) is 18.6 Å². The molecule has 1 aliphatic carbocycles. The Morgan fingerprint density at radius 3 is 2.94 bits per heavy atom. The van der Waals surface area contributed by atoms with E-state index in [4.69, 9.17) is 0 Å². The van der Waals surface area contributed by atoms with E-state index >= 15 is 0 Å². The Bertz CT molecular complexity index is 448. The Balaban J connectivity index is 2.10. The molecule has 3 nitrogen and oxygen atoms in total. The van der Waals surface area contributed by atoms with Crippen molar-refractivity contribution in [3.05, 3.63) is 34.9 Å². The molecule has 0 bridgehead atoms. The Morgan fingerprint density at radius 1 is 1.47 bits per heavy atom. The molecule has 5 heteroatoms. The summed E-state index contributed by atoms with van der Waals surface area (Å²) < 4.78 is 26.4. The number of fused-ring (bicyclic) bond motifs is 1. The molecule has 92 valence electrons. The highest BCUT2D eigenvalue weighted by Crippen LogP contribution is 2.25. The molecule has 0 heterocycles. The lowest BCUT2D eigenvalue weighted by molar-refractivity contribution is -0.304. The van der Waals surface area contributed by atoms with E-state index in [1.54, 1.807) is 0 Å². The van der Waals surface area contributed by atoms with Crippen molar-refractivity contribution >= 4 is 5.97 Å². The van der Waals surface area contributed by atoms with Crippen LogP contribution in [0.1, 0.15) is 17.5 Å². The summed E-state index contributed by atoms with van der Waals surface area (Å²) >= 11 is 0. The van der Waals surface area contributed by atoms with Crippen molar-refractivity contribution in [2.75, 3.05) is 6.54 Å². The van der Waals surface area contributed by atoms with Crippen molar-refractivity contribution in [2.24, 2.45) is 0 Å². The number of rotatable bonds is 3. The molecule has 1 aliphatic rings. The zero-order chi connectivity index (χ0) is 12.4. The van der Waals surface area contributed by atoms with Gasteiger partial charge in [-0.3, -0.25) is 0 Å². The first-order valence-electron chi connectivity index (χ1n) is 5.46. The summed E-state index contributed by atoms with van der Waals surface area (Å²) in [4.78, 5) is 10.3. The van der Waals surface area contributed by atoms with Crippen molar-refractivity contribution < 1.29 is 18.7 Å². The molecule has 1 unspecified atom stereocenters. The number of carbonyl (C=O) groups excluding carboxylic acids is 1. The quantitative estimate of drug-likeness (QED) is 0.819. The number of carbonyl (C=O) groups is 1. The molecule has 0 saturated heterocycles. The number of halogens is 2. The number of benzene rings is 1. The number of carboxylic acid groups (broad SMARTS) is 1. The molecule has 0 spiro atoms. The van der Waals surface area contributed by atoms with Crippen molar-refractivity contribution in [2.45, 2.75) is 25.3 Å². The summed E-state index contributed by atoms with van der Waals surface area (Å²) in [5.74, 6) is -2.29. The van der Waals surface area contributed by atoms with E-state index < -0.39 is 17.6 Å². The van der Waals surface area contributed by atoms with Crippen molar-refractivity contribution in [1.29, 1.82) is 0 Å². The van der Waals surface area contributed by atoms with Gasteiger partial charge in [0.25, 0.3) is 0 Å². The van der Waals surface area contributed by atoms with Crippen LogP contribution in [0, 0.1) is 11.6 Å². The molecular formula is C12H12F2NO2-. The van der Waals surface area contributed by atoms with Crippen LogP contribution in [0.15, 0.2) is 12.1 Å². The maximum atomic E-state index is 13.4. The zero-order valence-corrected chi connectivity index (χ0v) is 9.13. The Kier molecular flexibility index (Phi) is 3.38. The second-order valence-electron chi connectivity index (χ2n) is 4.22. The van der Waals surface area contributed by atoms with Gasteiger partial charge in [0, 0.05) is 18.7 Å². The zero-order valence-electron chi connectivity index (χ0n) is 9.13. The standard InChI is InChI=1S/C12H13F2NO2/c13-8-3-7-4-9(15-6-12(16)17)1-2-10(7)11(14)5-8/h3,5,9,15H,1-2,4,6H2,(H,16,17)/p-1. The fraction of sp³-hybridized carbons (Fsp3) is 0.417. The lowest BCUT2D eigenvalue weighted by atomic mass is 9.88. The second kappa shape index (κ2) is 4.79. The number of carboxylic acids is 1. The highest BCUT2D eigenvalue weighted by molar-refractivity contribution is 5.66. The second-order valence-corrected chi connectivity index (χ2v) is 4.22. The van der Waals surface area contributed by atoms with Gasteiger partial charge in [0.2, 0.25) is 0 Å². The van der Waals surface area contributed by atoms with E-state index in [1.807, 2.05) is 0 Å². The molecule has 0 fully saturated rings. The predicted molar refractivity (Wildman–Crippen MR) is 55.2 cm³/mol. The normalized spacial score (nSPS) is 18.8. The van der Waals surface area contributed by atoms with Gasteiger partial charge in [-0.05, 0) is 36.5 Å². The van der Waals surface area contributed by atoms with Gasteiger partial charge in [-0.25, -0.2) is 8.78 Å². The van der Waals surface area contributed by atoms with Gasteiger partial charge in [0.1, 0.15) is 11.6 Å². The lowest BCUT2D eigenvalue weighted by Gasteiger charge is -2.26. The number of hydrogen-bond acceptors (Lipinski definition) is 3. The van der Waals surface area contributed by atoms with Gasteiger partial charge in [-0.15, -0.1) is 0 Å². The van der Waals surface area contributed by atoms with Gasteiger partial charge in [0.05, 0.1) is 5.97 Å². The minimum Gasteiger partial charge on any atom is -0.549 e. The smallest absolute Gasteiger partial charge is 0.129 e. The van der Waals surface area contributed by atoms with Crippen LogP contribution in [0.25, 0.3) is 0 Å². The average molecular weight is 240 g/mol. The van der Waals surface area contributed by atoms with Gasteiger partial charge in [-0.2, -0.15) is 0 Å². The number of aliphatic carboxylic acids is 1. The topological polar surface area (TPSA) is 52.2 Å². The summed E-state index contributed by atoms with van der Waals surface area (Å²) in [6.45, 7) is -0.238. The average Bonchev–Trinajstić information content (AvgIpc) is 2.25. The molecule has 0 aliphatic heterocycles. The van der Waals surface area contributed by atoms with Crippen molar-refractivity contribution in [1.82, 2.24) is 5.32 Å². The fourth-order valence-corrected chi connectivity index (χ4v) is 2.21. The maximum Gasteiger partial charge on any atom is 0.129 e. The van der Waals surface area contributed by atoms with Crippen LogP contribution in [0.4, 0.5) is 8.78 Å². The van der Waals surface area contributed by atoms with Crippen molar-refractivity contribution in [3.63, 3.8) is 0 Å². The van der Waals surface area contributed by atoms with Gasteiger partial charge in [-0.1, -0.05) is 0 Å². The summed E-state index contributed by atoms with van der Waals surface area (Å²) in [7, 11) is 0. The van der Waals surface area contributed by atoms with E-state index in [2.05, 4.69) is 5.32 Å². The van der Waals surface area contributed by atoms with E-state index in [0.717, 1.165) is 6.07 Å². The SMILES string of the molecule is O=C([O-])CNC1CCc2c(F)cc(F)cc2C1. The largest absolute Gasteiger partial charge is 0.549 e. The molecule has 1 N–H and O–H groups in total. The Hall–Kier alpha value is -1.49. The summed E-state index contributed by atoms with van der Waals surface area (Å²) in [6, 6.07) is 2.13. The Labute approximate surface area is 97.5 Å². The Morgan fingerprint density at radius 2 is 2.24 bits per heavy atom. The third-order valence-corrected chi connectivity index (χ3v) is 3.00. The minimum atomic E-state index is -1.18. The van der Waals surface area contributed by atoms with Gasteiger partial charge in [0.15, 0.2) is 0 Å². The third kappa shape index (κ3) is 2.79. The highest BCUT2D eigenvalue weighted by Gasteiger charge is 2.21. The van der Waals surface area contributed by atoms with Crippen LogP contribution < -0.4 is 10.4 Å². The summed E-state index contributed by atoms with van der Waals surface area (Å²) in [5, 5.41) is 13.1. The van der Waals surface area contributed by atoms with Crippen LogP contribution in [0.3, 0.4) is 0 Å².